The number of phosphoric acid groups is 1. The molecule has 1 aliphatic heterocycles. The Balaban J connectivity index is 1.17. The zero-order valence-electron chi connectivity index (χ0n) is 40.1. The summed E-state index contributed by atoms with van der Waals surface area (Å²) in [5.74, 6) is -0.0130. The number of hydrogen-bond acceptors (Lipinski definition) is 16. The molecule has 0 radical (unpaired) electrons. The fourth-order valence-electron chi connectivity index (χ4n) is 7.59. The van der Waals surface area contributed by atoms with Crippen molar-refractivity contribution in [1.29, 1.82) is 0 Å². The van der Waals surface area contributed by atoms with E-state index in [1.165, 1.54) is 7.11 Å². The van der Waals surface area contributed by atoms with Crippen molar-refractivity contribution < 1.29 is 64.4 Å². The van der Waals surface area contributed by atoms with Crippen molar-refractivity contribution in [1.82, 2.24) is 0 Å². The Morgan fingerprint density at radius 1 is 0.569 bits per heavy atom. The minimum absolute atomic E-state index is 0.0130. The van der Waals surface area contributed by atoms with Crippen LogP contribution in [0.1, 0.15) is 33.4 Å². The second-order valence-electron chi connectivity index (χ2n) is 16.5. The van der Waals surface area contributed by atoms with Gasteiger partial charge in [0.25, 0.3) is 0 Å². The molecule has 0 saturated carbocycles. The minimum Gasteiger partial charge on any atom is -0.374 e. The van der Waals surface area contributed by atoms with Crippen LogP contribution in [0.15, 0.2) is 182 Å². The van der Waals surface area contributed by atoms with Crippen LogP contribution in [0.2, 0.25) is 0 Å². The number of nitrogens with two attached hydrogens (primary N) is 1. The first-order valence-electron chi connectivity index (χ1n) is 23.6. The number of phosphoric ester groups is 1. The van der Waals surface area contributed by atoms with E-state index in [4.69, 9.17) is 61.0 Å². The van der Waals surface area contributed by atoms with Crippen molar-refractivity contribution in [2.45, 2.75) is 82.6 Å². The Hall–Kier alpha value is -4.39. The van der Waals surface area contributed by atoms with E-state index >= 15 is 0 Å². The Labute approximate surface area is 427 Å². The molecule has 6 aromatic rings. The van der Waals surface area contributed by atoms with Crippen molar-refractivity contribution in [3.05, 3.63) is 215 Å². The van der Waals surface area contributed by atoms with Crippen molar-refractivity contribution in [2.24, 2.45) is 5.73 Å². The molecule has 1 heterocycles. The highest BCUT2D eigenvalue weighted by Gasteiger charge is 2.49. The summed E-state index contributed by atoms with van der Waals surface area (Å²) in [5.41, 5.74) is 10.9. The topological polar surface area (TPSA) is 171 Å². The van der Waals surface area contributed by atoms with Crippen molar-refractivity contribution in [3.8, 4) is 0 Å². The smallest absolute Gasteiger partial charge is 0.374 e. The second kappa shape index (κ2) is 30.7. The van der Waals surface area contributed by atoms with E-state index in [1.54, 1.807) is 0 Å². The summed E-state index contributed by atoms with van der Waals surface area (Å²) in [6.45, 7) is 0.229. The highest BCUT2D eigenvalue weighted by molar-refractivity contribution is 7.97. The van der Waals surface area contributed by atoms with Crippen molar-refractivity contribution in [2.75, 3.05) is 32.8 Å². The fourth-order valence-corrected chi connectivity index (χ4v) is 10.3. The maximum Gasteiger partial charge on any atom is 0.486 e. The summed E-state index contributed by atoms with van der Waals surface area (Å²) in [6, 6.07) is 57.3. The predicted molar refractivity (Wildman–Crippen MR) is 274 cm³/mol. The van der Waals surface area contributed by atoms with Gasteiger partial charge in [-0.25, -0.2) is 8.54 Å². The SMILES string of the molecule is COC1C(OCC(OCc2ccccc2)C(OCc2ccccc2)C(COP(=O)(OCc2ccccc2)OSCN)OCc2ccccc2)OC(COCc2ccccc2)C1O[PH](=O)OCc1ccccc1. The van der Waals surface area contributed by atoms with Gasteiger partial charge in [0, 0.05) is 19.2 Å². The zero-order chi connectivity index (χ0) is 50.1. The number of rotatable bonds is 33. The van der Waals surface area contributed by atoms with Gasteiger partial charge < -0.3 is 47.9 Å². The van der Waals surface area contributed by atoms with Gasteiger partial charge in [0.1, 0.15) is 36.6 Å². The summed E-state index contributed by atoms with van der Waals surface area (Å²) in [6.07, 6.45) is -6.61. The number of benzene rings is 6. The van der Waals surface area contributed by atoms with Crippen LogP contribution < -0.4 is 5.73 Å². The van der Waals surface area contributed by atoms with Gasteiger partial charge >= 0.3 is 16.1 Å². The largest absolute Gasteiger partial charge is 0.486 e. The highest BCUT2D eigenvalue weighted by Crippen LogP contribution is 2.53. The van der Waals surface area contributed by atoms with Gasteiger partial charge in [-0.1, -0.05) is 182 Å². The maximum atomic E-state index is 14.4. The molecule has 2 N–H and O–H groups in total. The molecule has 7 rings (SSSR count). The van der Waals surface area contributed by atoms with E-state index < -0.39 is 59.0 Å². The average Bonchev–Trinajstić information content (AvgIpc) is 3.76. The molecule has 0 aliphatic carbocycles. The molecule has 1 fully saturated rings. The van der Waals surface area contributed by atoms with Gasteiger partial charge in [-0.05, 0) is 33.4 Å². The van der Waals surface area contributed by atoms with Gasteiger partial charge in [-0.3, -0.25) is 13.6 Å². The van der Waals surface area contributed by atoms with Crippen LogP contribution in [0.4, 0.5) is 0 Å². The Morgan fingerprint density at radius 2 is 1.01 bits per heavy atom. The third-order valence-corrected chi connectivity index (χ3v) is 14.3. The molecule has 0 aromatic heterocycles. The molecule has 6 aromatic carbocycles. The molecule has 0 bridgehead atoms. The lowest BCUT2D eigenvalue weighted by Crippen LogP contribution is -2.48. The molecule has 15 nitrogen and oxygen atoms in total. The van der Waals surface area contributed by atoms with Crippen molar-refractivity contribution >= 4 is 28.1 Å². The Kier molecular flexibility index (Phi) is 23.6. The minimum atomic E-state index is -4.30. The molecule has 18 heteroatoms. The van der Waals surface area contributed by atoms with Gasteiger partial charge in [0.15, 0.2) is 6.29 Å². The quantitative estimate of drug-likeness (QED) is 0.0234. The van der Waals surface area contributed by atoms with E-state index in [9.17, 15) is 9.13 Å². The zero-order valence-corrected chi connectivity index (χ0v) is 42.8. The molecule has 1 aliphatic rings. The molecule has 72 heavy (non-hydrogen) atoms. The molecular weight excluding hydrogens is 981 g/mol. The molecule has 9 atom stereocenters. The van der Waals surface area contributed by atoms with Crippen LogP contribution in [-0.4, -0.2) is 75.7 Å². The summed E-state index contributed by atoms with van der Waals surface area (Å²) >= 11 is 0.751. The molecule has 1 saturated heterocycles. The average molecular weight is 1040 g/mol. The first-order chi connectivity index (χ1) is 35.4. The summed E-state index contributed by atoms with van der Waals surface area (Å²) in [4.78, 5) is 0. The Bertz CT molecular complexity index is 2460. The first kappa shape index (κ1) is 55.4. The van der Waals surface area contributed by atoms with E-state index in [1.807, 2.05) is 182 Å². The molecular formula is C54H63NO14P2S. The second-order valence-corrected chi connectivity index (χ2v) is 20.1. The van der Waals surface area contributed by atoms with Crippen LogP contribution in [0.3, 0.4) is 0 Å². The summed E-state index contributed by atoms with van der Waals surface area (Å²) in [7, 11) is -5.90. The monoisotopic (exact) mass is 1040 g/mol. The number of hydrogen-bond donors (Lipinski definition) is 1. The lowest BCUT2D eigenvalue weighted by Gasteiger charge is -2.34. The van der Waals surface area contributed by atoms with Crippen LogP contribution >= 0.6 is 28.1 Å². The van der Waals surface area contributed by atoms with Crippen LogP contribution in [0, 0.1) is 0 Å². The first-order valence-corrected chi connectivity index (χ1v) is 27.2. The van der Waals surface area contributed by atoms with Gasteiger partial charge in [0.2, 0.25) is 0 Å². The lowest BCUT2D eigenvalue weighted by molar-refractivity contribution is -0.219. The summed E-state index contributed by atoms with van der Waals surface area (Å²) in [5, 5.41) is 0. The third-order valence-electron chi connectivity index (χ3n) is 11.3. The van der Waals surface area contributed by atoms with E-state index in [0.717, 1.165) is 45.4 Å². The maximum absolute atomic E-state index is 14.4. The molecule has 9 unspecified atom stereocenters. The van der Waals surface area contributed by atoms with Crippen LogP contribution in [0.25, 0.3) is 0 Å². The van der Waals surface area contributed by atoms with Gasteiger partial charge in [-0.15, -0.1) is 0 Å². The molecule has 384 valence electrons. The van der Waals surface area contributed by atoms with Crippen LogP contribution in [-0.2, 0) is 104 Å². The predicted octanol–water partition coefficient (Wildman–Crippen LogP) is 10.6. The van der Waals surface area contributed by atoms with E-state index in [-0.39, 0.29) is 58.7 Å². The molecule has 0 amide bonds. The summed E-state index contributed by atoms with van der Waals surface area (Å²) < 4.78 is 103. The van der Waals surface area contributed by atoms with E-state index in [0.29, 0.717) is 6.61 Å². The third kappa shape index (κ3) is 18.5. The number of methoxy groups -OCH3 is 1. The van der Waals surface area contributed by atoms with Crippen molar-refractivity contribution in [3.63, 3.8) is 0 Å². The molecule has 0 spiro atoms. The highest BCUT2D eigenvalue weighted by atomic mass is 32.2. The Morgan fingerprint density at radius 3 is 1.50 bits per heavy atom. The van der Waals surface area contributed by atoms with E-state index in [2.05, 4.69) is 0 Å². The van der Waals surface area contributed by atoms with Crippen LogP contribution in [0.5, 0.6) is 0 Å². The fraction of sp³-hybridized carbons (Fsp3) is 0.333. The number of ether oxygens (including phenoxy) is 7. The lowest BCUT2D eigenvalue weighted by atomic mass is 10.1. The van der Waals surface area contributed by atoms with Gasteiger partial charge in [0.05, 0.1) is 65.3 Å². The standard InChI is InChI=1S/C54H63NO14P2S/c1-58-53-52(68-70(56)64-36-46-28-16-6-17-29-46)50(38-59-32-42-20-8-2-9-21-42)67-54(53)63-39-48(60-33-43-22-10-3-11-23-43)51(62-35-45-26-14-5-15-27-45)49(61-34-44-24-12-4-13-25-44)40-66-71(57,69-72-41-55)65-37-47-30-18-7-19-31-47/h2-31,48-54,70H,32-41,55H2,1H3. The normalized spacial score (nSPS) is 19.3. The van der Waals surface area contributed by atoms with Gasteiger partial charge in [-0.2, -0.15) is 0 Å².